The summed E-state index contributed by atoms with van der Waals surface area (Å²) in [5.41, 5.74) is 3.33. The number of hydrogen-bond acceptors (Lipinski definition) is 5. The number of nitro benzene ring substituents is 1. The van der Waals surface area contributed by atoms with Crippen LogP contribution < -0.4 is 10.2 Å². The van der Waals surface area contributed by atoms with Crippen LogP contribution in [0.25, 0.3) is 0 Å². The maximum absolute atomic E-state index is 10.7. The Morgan fingerprint density at radius 1 is 1.12 bits per heavy atom. The first-order chi connectivity index (χ1) is 12.2. The second kappa shape index (κ2) is 7.98. The number of aliphatic hydroxyl groups excluding tert-OH is 1. The molecule has 25 heavy (non-hydrogen) atoms. The third kappa shape index (κ3) is 4.28. The molecule has 2 aromatic rings. The molecule has 1 aliphatic heterocycles. The minimum absolute atomic E-state index is 0.107. The van der Waals surface area contributed by atoms with E-state index in [-0.39, 0.29) is 17.2 Å². The number of nitro groups is 1. The van der Waals surface area contributed by atoms with E-state index in [0.717, 1.165) is 37.2 Å². The number of para-hydroxylation sites is 2. The molecule has 0 bridgehead atoms. The molecule has 0 atom stereocenters. The summed E-state index contributed by atoms with van der Waals surface area (Å²) >= 11 is 0. The largest absolute Gasteiger partial charge is 0.396 e. The van der Waals surface area contributed by atoms with Gasteiger partial charge in [0, 0.05) is 38.4 Å². The number of piperidine rings is 1. The summed E-state index contributed by atoms with van der Waals surface area (Å²) < 4.78 is 0. The van der Waals surface area contributed by atoms with E-state index in [9.17, 15) is 15.2 Å². The first-order valence-corrected chi connectivity index (χ1v) is 8.59. The Balaban J connectivity index is 1.66. The summed E-state index contributed by atoms with van der Waals surface area (Å²) in [7, 11) is 0. The fourth-order valence-electron chi connectivity index (χ4n) is 3.19. The molecular formula is C19H23N3O3. The molecule has 0 unspecified atom stereocenters. The normalized spacial score (nSPS) is 15.2. The molecule has 0 amide bonds. The Kier molecular flexibility index (Phi) is 5.50. The van der Waals surface area contributed by atoms with Gasteiger partial charge in [0.05, 0.1) is 16.3 Å². The number of nitrogens with one attached hydrogen (secondary N) is 1. The highest BCUT2D eigenvalue weighted by atomic mass is 16.6. The lowest BCUT2D eigenvalue weighted by Crippen LogP contribution is -2.35. The highest BCUT2D eigenvalue weighted by molar-refractivity contribution is 5.70. The number of aliphatic hydroxyl groups is 1. The summed E-state index contributed by atoms with van der Waals surface area (Å²) in [6, 6.07) is 14.8. The maximum atomic E-state index is 10.7. The lowest BCUT2D eigenvalue weighted by atomic mass is 9.97. The molecule has 0 saturated carbocycles. The van der Waals surface area contributed by atoms with Gasteiger partial charge >= 0.3 is 0 Å². The molecule has 1 saturated heterocycles. The van der Waals surface area contributed by atoms with E-state index in [1.165, 1.54) is 17.8 Å². The minimum Gasteiger partial charge on any atom is -0.396 e. The SMILES string of the molecule is O=[N+]([O-])c1ccc(CNc2ccccc2N2CCC(CO)CC2)cc1. The zero-order chi connectivity index (χ0) is 17.6. The van der Waals surface area contributed by atoms with Crippen LogP contribution >= 0.6 is 0 Å². The van der Waals surface area contributed by atoms with Gasteiger partial charge in [-0.1, -0.05) is 24.3 Å². The molecule has 0 radical (unpaired) electrons. The van der Waals surface area contributed by atoms with Gasteiger partial charge in [0.2, 0.25) is 0 Å². The molecule has 6 heteroatoms. The van der Waals surface area contributed by atoms with Gasteiger partial charge < -0.3 is 15.3 Å². The Hall–Kier alpha value is -2.60. The molecule has 1 heterocycles. The Bertz CT molecular complexity index is 710. The van der Waals surface area contributed by atoms with Crippen molar-refractivity contribution in [1.29, 1.82) is 0 Å². The van der Waals surface area contributed by atoms with Gasteiger partial charge in [-0.2, -0.15) is 0 Å². The molecule has 2 N–H and O–H groups in total. The standard InChI is InChI=1S/C19H23N3O3/c23-14-16-9-11-21(12-10-16)19-4-2-1-3-18(19)20-13-15-5-7-17(8-6-15)22(24)25/h1-8,16,20,23H,9-14H2. The van der Waals surface area contributed by atoms with Gasteiger partial charge in [0.25, 0.3) is 5.69 Å². The van der Waals surface area contributed by atoms with E-state index < -0.39 is 0 Å². The van der Waals surface area contributed by atoms with E-state index in [1.54, 1.807) is 12.1 Å². The number of benzene rings is 2. The maximum Gasteiger partial charge on any atom is 0.269 e. The van der Waals surface area contributed by atoms with Crippen LogP contribution in [0.15, 0.2) is 48.5 Å². The van der Waals surface area contributed by atoms with Gasteiger partial charge in [0.1, 0.15) is 0 Å². The Morgan fingerprint density at radius 3 is 2.44 bits per heavy atom. The Morgan fingerprint density at radius 2 is 1.80 bits per heavy atom. The smallest absolute Gasteiger partial charge is 0.269 e. The minimum atomic E-state index is -0.386. The van der Waals surface area contributed by atoms with E-state index >= 15 is 0 Å². The van der Waals surface area contributed by atoms with Crippen molar-refractivity contribution in [3.8, 4) is 0 Å². The molecule has 6 nitrogen and oxygen atoms in total. The van der Waals surface area contributed by atoms with E-state index in [2.05, 4.69) is 22.3 Å². The number of nitrogens with zero attached hydrogens (tertiary/aromatic N) is 2. The molecule has 1 fully saturated rings. The van der Waals surface area contributed by atoms with Crippen molar-refractivity contribution in [2.24, 2.45) is 5.92 Å². The number of hydrogen-bond donors (Lipinski definition) is 2. The van der Waals surface area contributed by atoms with Crippen LogP contribution in [-0.2, 0) is 6.54 Å². The van der Waals surface area contributed by atoms with Crippen LogP contribution in [0, 0.1) is 16.0 Å². The number of rotatable bonds is 6. The number of non-ortho nitro benzene ring substituents is 1. The van der Waals surface area contributed by atoms with Crippen LogP contribution in [-0.4, -0.2) is 29.7 Å². The van der Waals surface area contributed by atoms with Crippen molar-refractivity contribution in [3.05, 3.63) is 64.2 Å². The van der Waals surface area contributed by atoms with Gasteiger partial charge in [-0.25, -0.2) is 0 Å². The van der Waals surface area contributed by atoms with E-state index in [1.807, 2.05) is 12.1 Å². The predicted molar refractivity (Wildman–Crippen MR) is 98.9 cm³/mol. The molecule has 0 aliphatic carbocycles. The first-order valence-electron chi connectivity index (χ1n) is 8.59. The van der Waals surface area contributed by atoms with Crippen molar-refractivity contribution < 1.29 is 10.0 Å². The molecule has 3 rings (SSSR count). The van der Waals surface area contributed by atoms with Crippen molar-refractivity contribution in [3.63, 3.8) is 0 Å². The molecule has 1 aliphatic rings. The summed E-state index contributed by atoms with van der Waals surface area (Å²) in [5, 5.41) is 23.5. The topological polar surface area (TPSA) is 78.6 Å². The number of anilines is 2. The lowest BCUT2D eigenvalue weighted by Gasteiger charge is -2.34. The van der Waals surface area contributed by atoms with E-state index in [0.29, 0.717) is 12.5 Å². The summed E-state index contributed by atoms with van der Waals surface area (Å²) in [6.45, 7) is 2.78. The quantitative estimate of drug-likeness (QED) is 0.622. The zero-order valence-electron chi connectivity index (χ0n) is 14.1. The zero-order valence-corrected chi connectivity index (χ0v) is 14.1. The highest BCUT2D eigenvalue weighted by Crippen LogP contribution is 2.30. The van der Waals surface area contributed by atoms with Crippen LogP contribution in [0.5, 0.6) is 0 Å². The van der Waals surface area contributed by atoms with Gasteiger partial charge in [0.15, 0.2) is 0 Å². The fraction of sp³-hybridized carbons (Fsp3) is 0.368. The summed E-state index contributed by atoms with van der Waals surface area (Å²) in [6.07, 6.45) is 2.01. The second-order valence-electron chi connectivity index (χ2n) is 6.41. The van der Waals surface area contributed by atoms with Gasteiger partial charge in [-0.3, -0.25) is 10.1 Å². The molecule has 132 valence electrons. The summed E-state index contributed by atoms with van der Waals surface area (Å²) in [4.78, 5) is 12.7. The average Bonchev–Trinajstić information content (AvgIpc) is 2.67. The third-order valence-corrected chi connectivity index (χ3v) is 4.75. The van der Waals surface area contributed by atoms with Crippen LogP contribution in [0.2, 0.25) is 0 Å². The fourth-order valence-corrected chi connectivity index (χ4v) is 3.19. The van der Waals surface area contributed by atoms with E-state index in [4.69, 9.17) is 0 Å². The van der Waals surface area contributed by atoms with Crippen molar-refractivity contribution in [2.75, 3.05) is 29.9 Å². The monoisotopic (exact) mass is 341 g/mol. The van der Waals surface area contributed by atoms with Crippen molar-refractivity contribution in [2.45, 2.75) is 19.4 Å². The van der Waals surface area contributed by atoms with Crippen LogP contribution in [0.3, 0.4) is 0 Å². The van der Waals surface area contributed by atoms with Gasteiger partial charge in [-0.05, 0) is 36.5 Å². The molecule has 0 spiro atoms. The van der Waals surface area contributed by atoms with Crippen LogP contribution in [0.1, 0.15) is 18.4 Å². The molecular weight excluding hydrogens is 318 g/mol. The second-order valence-corrected chi connectivity index (χ2v) is 6.41. The Labute approximate surface area is 147 Å². The lowest BCUT2D eigenvalue weighted by molar-refractivity contribution is -0.384. The van der Waals surface area contributed by atoms with Crippen molar-refractivity contribution in [1.82, 2.24) is 0 Å². The summed E-state index contributed by atoms with van der Waals surface area (Å²) in [5.74, 6) is 0.413. The molecule has 0 aromatic heterocycles. The van der Waals surface area contributed by atoms with Gasteiger partial charge in [-0.15, -0.1) is 0 Å². The predicted octanol–water partition coefficient (Wildman–Crippen LogP) is 3.42. The van der Waals surface area contributed by atoms with Crippen LogP contribution in [0.4, 0.5) is 17.1 Å². The average molecular weight is 341 g/mol. The highest BCUT2D eigenvalue weighted by Gasteiger charge is 2.20. The first kappa shape index (κ1) is 17.2. The molecule has 2 aromatic carbocycles. The third-order valence-electron chi connectivity index (χ3n) is 4.75. The van der Waals surface area contributed by atoms with Crippen molar-refractivity contribution >= 4 is 17.1 Å².